The number of alkyl carbamates (subject to hydrolysis) is 1. The third-order valence-electron chi connectivity index (χ3n) is 4.36. The first kappa shape index (κ1) is 30.2. The number of halogens is 1. The number of ether oxygens (including phenoxy) is 1. The molecule has 4 N–H and O–H groups in total. The van der Waals surface area contributed by atoms with Crippen LogP contribution in [0.3, 0.4) is 0 Å². The summed E-state index contributed by atoms with van der Waals surface area (Å²) in [6, 6.07) is -3.03. The van der Waals surface area contributed by atoms with Crippen molar-refractivity contribution in [1.82, 2.24) is 19.9 Å². The maximum atomic E-state index is 12.8. The van der Waals surface area contributed by atoms with Crippen LogP contribution < -0.4 is 16.0 Å². The van der Waals surface area contributed by atoms with Gasteiger partial charge in [0, 0.05) is 18.2 Å². The average Bonchev–Trinajstić information content (AvgIpc) is 3.24. The molecule has 37 heavy (non-hydrogen) atoms. The number of anilines is 1. The van der Waals surface area contributed by atoms with E-state index in [4.69, 9.17) is 11.6 Å². The highest BCUT2D eigenvalue weighted by atomic mass is 35.5. The van der Waals surface area contributed by atoms with Crippen molar-refractivity contribution in [3.8, 4) is 0 Å². The van der Waals surface area contributed by atoms with Crippen LogP contribution in [0.25, 0.3) is 0 Å². The molecule has 0 radical (unpaired) electrons. The maximum Gasteiger partial charge on any atom is 0.407 e. The monoisotopic (exact) mass is 604 g/mol. The maximum absolute atomic E-state index is 12.8. The van der Waals surface area contributed by atoms with E-state index in [0.29, 0.717) is 0 Å². The Kier molecular flexibility index (Phi) is 10.1. The topological polar surface area (TPSA) is 240 Å². The van der Waals surface area contributed by atoms with Gasteiger partial charge in [0.15, 0.2) is 20.7 Å². The second kappa shape index (κ2) is 12.4. The number of carbonyl (C=O) groups excluding carboxylic acids is 4. The SMILES string of the molecule is CON=C(C(=O)N[C@@H]1C(=O)N(S(=O)(=O)O)[C@@H]1CNC(=O)OCCS(C)(=O)=O)c1csc(NC(=O)CCl)n1. The fourth-order valence-corrected chi connectivity index (χ4v) is 4.83. The van der Waals surface area contributed by atoms with Crippen LogP contribution in [0.4, 0.5) is 9.93 Å². The molecule has 2 heterocycles. The summed E-state index contributed by atoms with van der Waals surface area (Å²) in [5.41, 5.74) is -0.521. The van der Waals surface area contributed by atoms with Gasteiger partial charge in [-0.15, -0.1) is 22.9 Å². The summed E-state index contributed by atoms with van der Waals surface area (Å²) in [5, 5.41) is 11.7. The van der Waals surface area contributed by atoms with Gasteiger partial charge in [-0.05, 0) is 0 Å². The standard InChI is InChI=1S/C16H21ClN6O11S3/c1-33-22-11(8-7-35-15(19-8)20-10(24)5-17)13(25)21-12-9(23(14(12)26)37(30,31)32)6-18-16(27)34-3-4-36(2,28)29/h7,9,12H,3-6H2,1-2H3,(H,18,27)(H,21,25)(H,19,20,24)(H,30,31,32)/t9-,12+/m1/s1. The van der Waals surface area contributed by atoms with E-state index in [1.807, 2.05) is 0 Å². The molecule has 1 aromatic heterocycles. The van der Waals surface area contributed by atoms with Crippen molar-refractivity contribution in [2.45, 2.75) is 12.1 Å². The Bertz CT molecular complexity index is 1300. The third kappa shape index (κ3) is 8.49. The van der Waals surface area contributed by atoms with Crippen molar-refractivity contribution in [2.75, 3.05) is 43.5 Å². The number of aromatic nitrogens is 1. The number of sulfone groups is 1. The van der Waals surface area contributed by atoms with Crippen LogP contribution in [0.5, 0.6) is 0 Å². The molecule has 1 saturated heterocycles. The Balaban J connectivity index is 2.13. The number of oxime groups is 1. The Morgan fingerprint density at radius 1 is 1.30 bits per heavy atom. The summed E-state index contributed by atoms with van der Waals surface area (Å²) in [7, 11) is -7.36. The molecule has 2 rings (SSSR count). The molecule has 1 fully saturated rings. The second-order valence-corrected chi connectivity index (χ2v) is 11.8. The summed E-state index contributed by atoms with van der Waals surface area (Å²) < 4.78 is 59.4. The molecule has 2 atom stereocenters. The van der Waals surface area contributed by atoms with Crippen molar-refractivity contribution >= 4 is 77.7 Å². The molecule has 206 valence electrons. The van der Waals surface area contributed by atoms with Gasteiger partial charge >= 0.3 is 16.4 Å². The fraction of sp³-hybridized carbons (Fsp3) is 0.500. The van der Waals surface area contributed by atoms with Gasteiger partial charge in [-0.1, -0.05) is 5.16 Å². The molecular weight excluding hydrogens is 584 g/mol. The van der Waals surface area contributed by atoms with Gasteiger partial charge in [0.1, 0.15) is 31.3 Å². The summed E-state index contributed by atoms with van der Waals surface area (Å²) in [6.45, 7) is -1.11. The molecular formula is C16H21ClN6O11S3. The molecule has 0 aliphatic carbocycles. The lowest BCUT2D eigenvalue weighted by atomic mass is 9.98. The van der Waals surface area contributed by atoms with Gasteiger partial charge in [0.05, 0.1) is 11.8 Å². The first-order valence-electron chi connectivity index (χ1n) is 9.80. The van der Waals surface area contributed by atoms with E-state index in [-0.39, 0.29) is 21.0 Å². The number of carbonyl (C=O) groups is 4. The lowest BCUT2D eigenvalue weighted by molar-refractivity contribution is -0.144. The molecule has 0 saturated carbocycles. The lowest BCUT2D eigenvalue weighted by Crippen LogP contribution is -2.74. The lowest BCUT2D eigenvalue weighted by Gasteiger charge is -2.44. The normalized spacial score (nSPS) is 18.0. The number of amides is 4. The number of nitrogens with one attached hydrogen (secondary N) is 3. The zero-order chi connectivity index (χ0) is 28.0. The molecule has 17 nitrogen and oxygen atoms in total. The zero-order valence-corrected chi connectivity index (χ0v) is 22.2. The Hall–Kier alpha value is -3.07. The predicted molar refractivity (Wildman–Crippen MR) is 128 cm³/mol. The third-order valence-corrected chi connectivity index (χ3v) is 7.22. The number of rotatable bonds is 12. The van der Waals surface area contributed by atoms with E-state index in [0.717, 1.165) is 24.7 Å². The minimum atomic E-state index is -5.07. The van der Waals surface area contributed by atoms with Gasteiger partial charge < -0.3 is 25.5 Å². The Morgan fingerprint density at radius 2 is 1.97 bits per heavy atom. The molecule has 1 aromatic rings. The number of alkyl halides is 1. The van der Waals surface area contributed by atoms with Crippen LogP contribution in [-0.2, 0) is 44.1 Å². The Morgan fingerprint density at radius 3 is 2.54 bits per heavy atom. The average molecular weight is 605 g/mol. The van der Waals surface area contributed by atoms with Gasteiger partial charge in [-0.3, -0.25) is 18.9 Å². The first-order valence-corrected chi connectivity index (χ1v) is 14.7. The smallest absolute Gasteiger partial charge is 0.407 e. The van der Waals surface area contributed by atoms with Gasteiger partial charge in [-0.2, -0.15) is 8.42 Å². The Labute approximate surface area is 219 Å². The number of hydrogen-bond donors (Lipinski definition) is 4. The van der Waals surface area contributed by atoms with E-state index in [9.17, 15) is 40.6 Å². The molecule has 1 aliphatic heterocycles. The van der Waals surface area contributed by atoms with Crippen LogP contribution in [0, 0.1) is 0 Å². The first-order chi connectivity index (χ1) is 17.2. The van der Waals surface area contributed by atoms with Crippen LogP contribution in [-0.4, -0.2) is 110 Å². The van der Waals surface area contributed by atoms with Crippen molar-refractivity contribution in [1.29, 1.82) is 0 Å². The van der Waals surface area contributed by atoms with Crippen LogP contribution in [0.2, 0.25) is 0 Å². The van der Waals surface area contributed by atoms with E-state index in [1.165, 1.54) is 5.38 Å². The molecule has 1 aliphatic rings. The van der Waals surface area contributed by atoms with Crippen molar-refractivity contribution < 1.29 is 50.1 Å². The highest BCUT2D eigenvalue weighted by molar-refractivity contribution is 7.90. The number of β-lactam (4-membered cyclic amide) rings is 1. The van der Waals surface area contributed by atoms with Crippen molar-refractivity contribution in [3.05, 3.63) is 11.1 Å². The molecule has 21 heteroatoms. The minimum Gasteiger partial charge on any atom is -0.448 e. The van der Waals surface area contributed by atoms with Gasteiger partial charge in [0.2, 0.25) is 5.91 Å². The summed E-state index contributed by atoms with van der Waals surface area (Å²) in [5.74, 6) is -3.64. The fourth-order valence-electron chi connectivity index (χ4n) is 2.78. The van der Waals surface area contributed by atoms with Crippen LogP contribution >= 0.6 is 22.9 Å². The molecule has 0 unspecified atom stereocenters. The van der Waals surface area contributed by atoms with Crippen molar-refractivity contribution in [3.63, 3.8) is 0 Å². The van der Waals surface area contributed by atoms with Crippen LogP contribution in [0.15, 0.2) is 10.5 Å². The zero-order valence-electron chi connectivity index (χ0n) is 19.0. The van der Waals surface area contributed by atoms with E-state index in [2.05, 4.69) is 35.7 Å². The van der Waals surface area contributed by atoms with E-state index < -0.39 is 80.7 Å². The van der Waals surface area contributed by atoms with E-state index >= 15 is 0 Å². The second-order valence-electron chi connectivity index (χ2n) is 7.12. The highest BCUT2D eigenvalue weighted by Crippen LogP contribution is 2.24. The molecule has 0 aromatic carbocycles. The minimum absolute atomic E-state index is 0.0322. The quantitative estimate of drug-likeness (QED) is 0.0662. The highest BCUT2D eigenvalue weighted by Gasteiger charge is 2.54. The predicted octanol–water partition coefficient (Wildman–Crippen LogP) is -2.06. The number of thiazole rings is 1. The largest absolute Gasteiger partial charge is 0.448 e. The molecule has 0 bridgehead atoms. The van der Waals surface area contributed by atoms with Gasteiger partial charge in [-0.25, -0.2) is 22.5 Å². The molecule has 0 spiro atoms. The number of nitrogens with zero attached hydrogens (tertiary/aromatic N) is 3. The summed E-state index contributed by atoms with van der Waals surface area (Å²) in [6.07, 6.45) is -0.214. The van der Waals surface area contributed by atoms with Crippen LogP contribution in [0.1, 0.15) is 5.69 Å². The summed E-state index contributed by atoms with van der Waals surface area (Å²) >= 11 is 6.34. The number of hydrogen-bond acceptors (Lipinski definition) is 13. The van der Waals surface area contributed by atoms with E-state index in [1.54, 1.807) is 0 Å². The van der Waals surface area contributed by atoms with Crippen molar-refractivity contribution in [2.24, 2.45) is 5.16 Å². The molecule has 4 amide bonds. The van der Waals surface area contributed by atoms with Gasteiger partial charge in [0.25, 0.3) is 11.8 Å². The summed E-state index contributed by atoms with van der Waals surface area (Å²) in [4.78, 5) is 57.1.